The zero-order valence-electron chi connectivity index (χ0n) is 12.4. The molecular formula is C14H24O4S. The average Bonchev–Trinajstić information content (AvgIpc) is 2.44. The largest absolute Gasteiger partial charge is 0.299 e. The van der Waals surface area contributed by atoms with E-state index < -0.39 is 15.5 Å². The van der Waals surface area contributed by atoms with Gasteiger partial charge in [0.05, 0.1) is 17.3 Å². The Kier molecular flexibility index (Phi) is 3.19. The van der Waals surface area contributed by atoms with Crippen molar-refractivity contribution >= 4 is 15.9 Å². The number of rotatable bonds is 4. The normalized spacial score (nSPS) is 37.3. The summed E-state index contributed by atoms with van der Waals surface area (Å²) in [5.74, 6) is -0.0678. The van der Waals surface area contributed by atoms with Crippen LogP contribution < -0.4 is 0 Å². The molecule has 0 aromatic rings. The first-order chi connectivity index (χ1) is 8.46. The molecule has 0 heterocycles. The van der Waals surface area contributed by atoms with E-state index in [1.165, 1.54) is 0 Å². The van der Waals surface area contributed by atoms with E-state index in [1.54, 1.807) is 13.8 Å². The molecule has 2 fully saturated rings. The Balaban J connectivity index is 2.36. The molecule has 0 unspecified atom stereocenters. The fraction of sp³-hybridized carbons (Fsp3) is 0.929. The quantitative estimate of drug-likeness (QED) is 0.746. The Morgan fingerprint density at radius 3 is 2.16 bits per heavy atom. The van der Waals surface area contributed by atoms with E-state index in [9.17, 15) is 13.2 Å². The summed E-state index contributed by atoms with van der Waals surface area (Å²) >= 11 is 0. The molecule has 0 aliphatic heterocycles. The van der Waals surface area contributed by atoms with Crippen LogP contribution in [0.15, 0.2) is 0 Å². The number of carbonyl (C=O) groups excluding carboxylic acids is 1. The van der Waals surface area contributed by atoms with E-state index >= 15 is 0 Å². The standard InChI is InChI=1S/C14H24O4S/c1-10(2)18-19(16,17)9-14-7-6-13(5,8-11(14)15)12(14,3)4/h10H,6-9H2,1-5H3/t13-,14-/m0/s1. The van der Waals surface area contributed by atoms with Crippen LogP contribution in [0.4, 0.5) is 0 Å². The topological polar surface area (TPSA) is 60.4 Å². The van der Waals surface area contributed by atoms with Gasteiger partial charge >= 0.3 is 0 Å². The van der Waals surface area contributed by atoms with Gasteiger partial charge in [-0.15, -0.1) is 0 Å². The summed E-state index contributed by atoms with van der Waals surface area (Å²) in [5.41, 5.74) is -1.11. The third kappa shape index (κ3) is 1.97. The summed E-state index contributed by atoms with van der Waals surface area (Å²) in [5, 5.41) is 0. The second-order valence-electron chi connectivity index (χ2n) is 7.21. The summed E-state index contributed by atoms with van der Waals surface area (Å²) in [6.45, 7) is 9.56. The zero-order valence-corrected chi connectivity index (χ0v) is 13.3. The molecule has 2 aliphatic rings. The zero-order chi connectivity index (χ0) is 14.7. The highest BCUT2D eigenvalue weighted by Gasteiger charge is 2.70. The van der Waals surface area contributed by atoms with Crippen LogP contribution in [0.5, 0.6) is 0 Å². The fourth-order valence-electron chi connectivity index (χ4n) is 3.97. The molecular weight excluding hydrogens is 264 g/mol. The first-order valence-corrected chi connectivity index (χ1v) is 8.48. The lowest BCUT2D eigenvalue weighted by Crippen LogP contribution is -2.43. The molecule has 2 aliphatic carbocycles. The van der Waals surface area contributed by atoms with Gasteiger partial charge in [0.2, 0.25) is 0 Å². The molecule has 2 atom stereocenters. The summed E-state index contributed by atoms with van der Waals surface area (Å²) < 4.78 is 29.3. The van der Waals surface area contributed by atoms with Gasteiger partial charge in [0.15, 0.2) is 0 Å². The van der Waals surface area contributed by atoms with Crippen LogP contribution in [-0.4, -0.2) is 26.1 Å². The Morgan fingerprint density at radius 2 is 1.79 bits per heavy atom. The van der Waals surface area contributed by atoms with Crippen LogP contribution >= 0.6 is 0 Å². The molecule has 19 heavy (non-hydrogen) atoms. The van der Waals surface area contributed by atoms with Crippen molar-refractivity contribution in [2.75, 3.05) is 5.75 Å². The highest BCUT2D eigenvalue weighted by atomic mass is 32.2. The first kappa shape index (κ1) is 15.0. The van der Waals surface area contributed by atoms with Crippen molar-refractivity contribution in [3.8, 4) is 0 Å². The van der Waals surface area contributed by atoms with E-state index in [-0.39, 0.29) is 28.5 Å². The van der Waals surface area contributed by atoms with Gasteiger partial charge < -0.3 is 0 Å². The minimum Gasteiger partial charge on any atom is -0.299 e. The van der Waals surface area contributed by atoms with Gasteiger partial charge in [-0.05, 0) is 37.5 Å². The number of hydrogen-bond acceptors (Lipinski definition) is 4. The van der Waals surface area contributed by atoms with E-state index in [2.05, 4.69) is 6.92 Å². The van der Waals surface area contributed by atoms with E-state index in [0.717, 1.165) is 6.42 Å². The maximum Gasteiger partial charge on any atom is 0.268 e. The summed E-state index contributed by atoms with van der Waals surface area (Å²) in [6, 6.07) is 0. The van der Waals surface area contributed by atoms with E-state index in [1.807, 2.05) is 13.8 Å². The first-order valence-electron chi connectivity index (χ1n) is 6.90. The summed E-state index contributed by atoms with van der Waals surface area (Å²) in [7, 11) is -3.66. The Labute approximate surface area is 116 Å². The lowest BCUT2D eigenvalue weighted by Gasteiger charge is -2.39. The number of fused-ring (bicyclic) bond motifs is 2. The molecule has 4 nitrogen and oxygen atoms in total. The van der Waals surface area contributed by atoms with Crippen LogP contribution in [0.1, 0.15) is 53.9 Å². The van der Waals surface area contributed by atoms with Crippen molar-refractivity contribution in [3.63, 3.8) is 0 Å². The van der Waals surface area contributed by atoms with Crippen LogP contribution in [0, 0.1) is 16.2 Å². The minimum atomic E-state index is -3.66. The maximum absolute atomic E-state index is 12.4. The Morgan fingerprint density at radius 1 is 1.21 bits per heavy atom. The molecule has 0 amide bonds. The predicted molar refractivity (Wildman–Crippen MR) is 73.2 cm³/mol. The molecule has 5 heteroatoms. The lowest BCUT2D eigenvalue weighted by molar-refractivity contribution is -0.128. The van der Waals surface area contributed by atoms with Crippen molar-refractivity contribution in [2.24, 2.45) is 16.2 Å². The number of carbonyl (C=O) groups is 1. The summed E-state index contributed by atoms with van der Waals surface area (Å²) in [6.07, 6.45) is 1.70. The lowest BCUT2D eigenvalue weighted by atomic mass is 9.66. The molecule has 0 N–H and O–H groups in total. The van der Waals surface area contributed by atoms with Crippen LogP contribution in [0.3, 0.4) is 0 Å². The van der Waals surface area contributed by atoms with E-state index in [4.69, 9.17) is 4.18 Å². The fourth-order valence-corrected chi connectivity index (χ4v) is 5.90. The molecule has 0 saturated heterocycles. The van der Waals surface area contributed by atoms with Gasteiger partial charge in [-0.1, -0.05) is 20.8 Å². The second-order valence-corrected chi connectivity index (χ2v) is 8.81. The van der Waals surface area contributed by atoms with Gasteiger partial charge in [-0.25, -0.2) is 0 Å². The smallest absolute Gasteiger partial charge is 0.268 e. The monoisotopic (exact) mass is 288 g/mol. The van der Waals surface area contributed by atoms with Crippen molar-refractivity contribution in [3.05, 3.63) is 0 Å². The molecule has 0 spiro atoms. The number of hydrogen-bond donors (Lipinski definition) is 0. The van der Waals surface area contributed by atoms with Crippen LogP contribution in [0.25, 0.3) is 0 Å². The van der Waals surface area contributed by atoms with Gasteiger partial charge in [0.25, 0.3) is 10.1 Å². The van der Waals surface area contributed by atoms with Gasteiger partial charge in [-0.3, -0.25) is 8.98 Å². The Bertz CT molecular complexity index is 506. The Hall–Kier alpha value is -0.420. The number of ketones is 1. The van der Waals surface area contributed by atoms with Crippen LogP contribution in [0.2, 0.25) is 0 Å². The molecule has 0 aromatic heterocycles. The van der Waals surface area contributed by atoms with Crippen molar-refractivity contribution in [1.82, 2.24) is 0 Å². The SMILES string of the molecule is CC(C)OS(=O)(=O)C[C@@]12CC[C@@](C)(CC1=O)C2(C)C. The van der Waals surface area contributed by atoms with Crippen molar-refractivity contribution in [1.29, 1.82) is 0 Å². The molecule has 2 rings (SSSR count). The molecule has 2 bridgehead atoms. The van der Waals surface area contributed by atoms with Crippen LogP contribution in [-0.2, 0) is 19.1 Å². The molecule has 0 aromatic carbocycles. The third-order valence-corrected chi connectivity index (χ3v) is 7.18. The second kappa shape index (κ2) is 4.04. The molecule has 0 radical (unpaired) electrons. The van der Waals surface area contributed by atoms with Gasteiger partial charge in [-0.2, -0.15) is 8.42 Å². The van der Waals surface area contributed by atoms with Gasteiger partial charge in [0, 0.05) is 6.42 Å². The summed E-state index contributed by atoms with van der Waals surface area (Å²) in [4.78, 5) is 12.4. The average molecular weight is 288 g/mol. The van der Waals surface area contributed by atoms with Gasteiger partial charge in [0.1, 0.15) is 5.78 Å². The van der Waals surface area contributed by atoms with Crippen molar-refractivity contribution in [2.45, 2.75) is 60.0 Å². The maximum atomic E-state index is 12.4. The third-order valence-electron chi connectivity index (χ3n) is 5.66. The number of Topliss-reactive ketones (excluding diaryl/α,β-unsaturated/α-hetero) is 1. The highest BCUT2D eigenvalue weighted by molar-refractivity contribution is 7.86. The highest BCUT2D eigenvalue weighted by Crippen LogP contribution is 2.70. The predicted octanol–water partition coefficient (Wildman–Crippen LogP) is 2.53. The minimum absolute atomic E-state index is 0.0720. The molecule has 2 saturated carbocycles. The van der Waals surface area contributed by atoms with E-state index in [0.29, 0.717) is 12.8 Å². The van der Waals surface area contributed by atoms with Crippen molar-refractivity contribution < 1.29 is 17.4 Å². The molecule has 110 valence electrons.